The third kappa shape index (κ3) is 4.20. The summed E-state index contributed by atoms with van der Waals surface area (Å²) in [6.07, 6.45) is 0. The standard InChI is InChI=1S/C14H8O8S2.2Na/c15-13-11-5-7(23(17,18)19)1-3-9(11)10-4-2-8(24(20,21)22)6-12(10)14(13)16;;/h1-6H,(H,17,18,19)(H,20,21,22);;/q;2*+1/p-2. The Balaban J connectivity index is 0.00000169. The molecule has 0 spiro atoms. The SMILES string of the molecule is O=C1C(=O)c2cc(S(=O)(=O)[O-])ccc2-c2ccc(S(=O)(=O)[O-])cc21.[Na+].[Na+]. The molecular weight excluding hydrogens is 406 g/mol. The van der Waals surface area contributed by atoms with E-state index in [9.17, 15) is 35.5 Å². The van der Waals surface area contributed by atoms with Crippen molar-refractivity contribution in [3.8, 4) is 11.1 Å². The van der Waals surface area contributed by atoms with Gasteiger partial charge in [-0.3, -0.25) is 9.59 Å². The summed E-state index contributed by atoms with van der Waals surface area (Å²) in [5.74, 6) is -2.19. The minimum atomic E-state index is -4.81. The second kappa shape index (κ2) is 7.92. The van der Waals surface area contributed by atoms with Gasteiger partial charge in [-0.1, -0.05) is 12.1 Å². The molecule has 1 aliphatic carbocycles. The van der Waals surface area contributed by atoms with Crippen molar-refractivity contribution in [2.75, 3.05) is 0 Å². The van der Waals surface area contributed by atoms with Crippen LogP contribution in [0.4, 0.5) is 0 Å². The van der Waals surface area contributed by atoms with E-state index in [1.54, 1.807) is 0 Å². The normalized spacial score (nSPS) is 13.2. The summed E-state index contributed by atoms with van der Waals surface area (Å²) in [5, 5.41) is 0. The van der Waals surface area contributed by atoms with Crippen molar-refractivity contribution >= 4 is 31.8 Å². The molecule has 0 aromatic heterocycles. The molecule has 8 nitrogen and oxygen atoms in total. The average molecular weight is 412 g/mol. The molecule has 0 saturated heterocycles. The molecule has 0 atom stereocenters. The summed E-state index contributed by atoms with van der Waals surface area (Å²) >= 11 is 0. The summed E-state index contributed by atoms with van der Waals surface area (Å²) < 4.78 is 66.3. The molecule has 26 heavy (non-hydrogen) atoms. The first-order chi connectivity index (χ1) is 11.0. The molecule has 0 fully saturated rings. The van der Waals surface area contributed by atoms with Crippen molar-refractivity contribution < 1.29 is 94.6 Å². The van der Waals surface area contributed by atoms with Gasteiger partial charge in [0, 0.05) is 11.1 Å². The predicted octanol–water partition coefficient (Wildman–Crippen LogP) is -5.45. The van der Waals surface area contributed by atoms with Crippen molar-refractivity contribution in [3.63, 3.8) is 0 Å². The Labute approximate surface area is 193 Å². The van der Waals surface area contributed by atoms with Gasteiger partial charge in [-0.2, -0.15) is 0 Å². The van der Waals surface area contributed by atoms with E-state index in [1.807, 2.05) is 0 Å². The topological polar surface area (TPSA) is 149 Å². The summed E-state index contributed by atoms with van der Waals surface area (Å²) in [6.45, 7) is 0. The van der Waals surface area contributed by atoms with Crippen molar-refractivity contribution in [2.45, 2.75) is 9.79 Å². The average Bonchev–Trinajstić information content (AvgIpc) is 2.49. The molecule has 0 unspecified atom stereocenters. The van der Waals surface area contributed by atoms with Crippen LogP contribution in [0.1, 0.15) is 20.7 Å². The number of Topliss-reactive ketones (excluding diaryl/α,β-unsaturated/α-hetero) is 2. The second-order valence-corrected chi connectivity index (χ2v) is 7.74. The fraction of sp³-hybridized carbons (Fsp3) is 0. The zero-order valence-electron chi connectivity index (χ0n) is 13.5. The van der Waals surface area contributed by atoms with E-state index in [-0.39, 0.29) is 81.4 Å². The van der Waals surface area contributed by atoms with Crippen molar-refractivity contribution in [1.29, 1.82) is 0 Å². The van der Waals surface area contributed by atoms with E-state index in [0.29, 0.717) is 0 Å². The van der Waals surface area contributed by atoms with Crippen molar-refractivity contribution in [1.82, 2.24) is 0 Å². The van der Waals surface area contributed by atoms with Gasteiger partial charge in [0.1, 0.15) is 20.2 Å². The molecular formula is C14H6Na2O8S2. The van der Waals surface area contributed by atoms with Crippen LogP contribution in [0.5, 0.6) is 0 Å². The van der Waals surface area contributed by atoms with E-state index in [1.165, 1.54) is 12.1 Å². The number of carbonyl (C=O) groups excluding carboxylic acids is 2. The van der Waals surface area contributed by atoms with Crippen LogP contribution in [0, 0.1) is 0 Å². The van der Waals surface area contributed by atoms with Crippen LogP contribution in [-0.2, 0) is 20.2 Å². The maximum Gasteiger partial charge on any atom is 1.00 e. The quantitative estimate of drug-likeness (QED) is 0.270. The van der Waals surface area contributed by atoms with Crippen LogP contribution >= 0.6 is 0 Å². The maximum atomic E-state index is 12.1. The number of fused-ring (bicyclic) bond motifs is 3. The van der Waals surface area contributed by atoms with Gasteiger partial charge in [0.05, 0.1) is 9.79 Å². The zero-order valence-corrected chi connectivity index (χ0v) is 19.2. The molecule has 124 valence electrons. The Kier molecular flexibility index (Phi) is 7.20. The largest absolute Gasteiger partial charge is 1.00 e. The first-order valence-electron chi connectivity index (χ1n) is 6.29. The van der Waals surface area contributed by atoms with Crippen LogP contribution in [0.15, 0.2) is 46.2 Å². The van der Waals surface area contributed by atoms with E-state index in [2.05, 4.69) is 0 Å². The van der Waals surface area contributed by atoms with Crippen LogP contribution < -0.4 is 59.1 Å². The smallest absolute Gasteiger partial charge is 0.744 e. The summed E-state index contributed by atoms with van der Waals surface area (Å²) in [5.41, 5.74) is -0.224. The Hall–Kier alpha value is -0.400. The summed E-state index contributed by atoms with van der Waals surface area (Å²) in [6, 6.07) is 5.92. The molecule has 2 aromatic rings. The van der Waals surface area contributed by atoms with Crippen LogP contribution in [0.2, 0.25) is 0 Å². The number of rotatable bonds is 2. The molecule has 0 aliphatic heterocycles. The molecule has 12 heteroatoms. The molecule has 3 rings (SSSR count). The van der Waals surface area contributed by atoms with Gasteiger partial charge in [0.15, 0.2) is 0 Å². The minimum absolute atomic E-state index is 0. The summed E-state index contributed by atoms with van der Waals surface area (Å²) in [7, 11) is -9.63. The number of hydrogen-bond donors (Lipinski definition) is 0. The molecule has 0 heterocycles. The monoisotopic (exact) mass is 412 g/mol. The van der Waals surface area contributed by atoms with E-state index >= 15 is 0 Å². The fourth-order valence-corrected chi connectivity index (χ4v) is 3.44. The van der Waals surface area contributed by atoms with Crippen LogP contribution in [0.3, 0.4) is 0 Å². The maximum absolute atomic E-state index is 12.1. The number of hydrogen-bond acceptors (Lipinski definition) is 8. The van der Waals surface area contributed by atoms with Crippen molar-refractivity contribution in [3.05, 3.63) is 47.5 Å². The van der Waals surface area contributed by atoms with Crippen LogP contribution in [0.25, 0.3) is 11.1 Å². The first kappa shape index (κ1) is 23.6. The van der Waals surface area contributed by atoms with E-state index in [4.69, 9.17) is 0 Å². The van der Waals surface area contributed by atoms with Gasteiger partial charge in [0.2, 0.25) is 11.6 Å². The Morgan fingerprint density at radius 1 is 0.577 bits per heavy atom. The summed E-state index contributed by atoms with van der Waals surface area (Å²) in [4.78, 5) is 23.0. The van der Waals surface area contributed by atoms with Gasteiger partial charge in [-0.15, -0.1) is 0 Å². The molecule has 0 saturated carbocycles. The van der Waals surface area contributed by atoms with Crippen molar-refractivity contribution in [2.24, 2.45) is 0 Å². The zero-order chi connectivity index (χ0) is 17.9. The Bertz CT molecular complexity index is 1050. The fourth-order valence-electron chi connectivity index (χ4n) is 2.45. The van der Waals surface area contributed by atoms with Gasteiger partial charge in [-0.25, -0.2) is 16.8 Å². The minimum Gasteiger partial charge on any atom is -0.744 e. The molecule has 1 aliphatic rings. The van der Waals surface area contributed by atoms with Gasteiger partial charge >= 0.3 is 59.1 Å². The number of benzene rings is 2. The van der Waals surface area contributed by atoms with E-state index < -0.39 is 41.6 Å². The third-order valence-electron chi connectivity index (χ3n) is 3.55. The third-order valence-corrected chi connectivity index (χ3v) is 5.21. The molecule has 0 radical (unpaired) electrons. The van der Waals surface area contributed by atoms with Crippen LogP contribution in [-0.4, -0.2) is 37.5 Å². The molecule has 2 aromatic carbocycles. The predicted molar refractivity (Wildman–Crippen MR) is 76.5 cm³/mol. The van der Waals surface area contributed by atoms with Gasteiger partial charge < -0.3 is 9.11 Å². The second-order valence-electron chi connectivity index (χ2n) is 4.98. The molecule has 0 bridgehead atoms. The molecule has 0 N–H and O–H groups in total. The Morgan fingerprint density at radius 2 is 0.885 bits per heavy atom. The Morgan fingerprint density at radius 3 is 1.15 bits per heavy atom. The number of ketones is 2. The number of carbonyl (C=O) groups is 2. The first-order valence-corrected chi connectivity index (χ1v) is 9.11. The van der Waals surface area contributed by atoms with Gasteiger partial charge in [-0.05, 0) is 35.4 Å². The van der Waals surface area contributed by atoms with Gasteiger partial charge in [0.25, 0.3) is 0 Å². The van der Waals surface area contributed by atoms with E-state index in [0.717, 1.165) is 24.3 Å². The molecule has 0 amide bonds.